The number of hydrogen-bond acceptors (Lipinski definition) is 10. The molecule has 124 valence electrons. The molecule has 0 aromatic rings. The highest BCUT2D eigenvalue weighted by Crippen LogP contribution is 2.37. The second-order valence-corrected chi connectivity index (χ2v) is 4.41. The average Bonchev–Trinajstić information content (AvgIpc) is 2.72. The molecule has 12 heteroatoms. The Morgan fingerprint density at radius 3 is 2.00 bits per heavy atom. The SMILES string of the molecule is O=C1O[C@H]([C@@](O)(CO)C(O)(C(=O)O)C(O)C(=O)O)C(O)=C1O. The van der Waals surface area contributed by atoms with Crippen LogP contribution < -0.4 is 0 Å². The highest BCUT2D eigenvalue weighted by Gasteiger charge is 2.69. The molecule has 0 aromatic heterocycles. The minimum Gasteiger partial charge on any atom is -0.505 e. The molecule has 0 bridgehead atoms. The van der Waals surface area contributed by atoms with Crippen LogP contribution in [0.4, 0.5) is 0 Å². The molecule has 0 fully saturated rings. The molecular weight excluding hydrogens is 312 g/mol. The Hall–Kier alpha value is -2.41. The van der Waals surface area contributed by atoms with Crippen molar-refractivity contribution in [1.29, 1.82) is 0 Å². The molecular formula is C10H12O12. The summed E-state index contributed by atoms with van der Waals surface area (Å²) in [6.07, 6.45) is -5.73. The Morgan fingerprint density at radius 2 is 1.73 bits per heavy atom. The van der Waals surface area contributed by atoms with E-state index in [1.807, 2.05) is 0 Å². The number of carbonyl (C=O) groups is 3. The van der Waals surface area contributed by atoms with Crippen LogP contribution in [0, 0.1) is 0 Å². The van der Waals surface area contributed by atoms with Crippen LogP contribution in [-0.4, -0.2) is 88.8 Å². The molecule has 8 N–H and O–H groups in total. The van der Waals surface area contributed by atoms with Crippen LogP contribution in [0.1, 0.15) is 0 Å². The molecule has 1 aliphatic rings. The Bertz CT molecular complexity index is 552. The van der Waals surface area contributed by atoms with Crippen molar-refractivity contribution in [2.45, 2.75) is 23.4 Å². The van der Waals surface area contributed by atoms with Crippen molar-refractivity contribution in [3.63, 3.8) is 0 Å². The van der Waals surface area contributed by atoms with E-state index in [2.05, 4.69) is 4.74 Å². The van der Waals surface area contributed by atoms with Crippen LogP contribution in [0.15, 0.2) is 11.5 Å². The van der Waals surface area contributed by atoms with Crippen LogP contribution in [0.5, 0.6) is 0 Å². The highest BCUT2D eigenvalue weighted by molar-refractivity contribution is 5.91. The zero-order valence-electron chi connectivity index (χ0n) is 10.6. The molecule has 1 rings (SSSR count). The standard InChI is InChI=1S/C10H12O12/c11-1-9(20,5-2(12)3(13)7(17)22-5)10(21,8(18)19)4(14)6(15)16/h4-5,11-14,20-21H,1H2,(H,15,16)(H,18,19)/t4?,5-,9-,10?/m0/s1. The van der Waals surface area contributed by atoms with Crippen LogP contribution in [-0.2, 0) is 19.1 Å². The van der Waals surface area contributed by atoms with Crippen LogP contribution >= 0.6 is 0 Å². The van der Waals surface area contributed by atoms with Gasteiger partial charge in [0.05, 0.1) is 6.61 Å². The lowest BCUT2D eigenvalue weighted by atomic mass is 9.74. The number of carboxylic acid groups (broad SMARTS) is 2. The molecule has 1 heterocycles. The third kappa shape index (κ3) is 2.14. The van der Waals surface area contributed by atoms with E-state index in [9.17, 15) is 34.8 Å². The van der Waals surface area contributed by atoms with E-state index in [0.717, 1.165) is 0 Å². The van der Waals surface area contributed by atoms with Crippen molar-refractivity contribution >= 4 is 17.9 Å². The van der Waals surface area contributed by atoms with Gasteiger partial charge in [-0.15, -0.1) is 0 Å². The van der Waals surface area contributed by atoms with Crippen LogP contribution in [0.25, 0.3) is 0 Å². The molecule has 1 aliphatic heterocycles. The summed E-state index contributed by atoms with van der Waals surface area (Å²) >= 11 is 0. The first kappa shape index (κ1) is 17.6. The summed E-state index contributed by atoms with van der Waals surface area (Å²) in [5, 5.41) is 74.8. The van der Waals surface area contributed by atoms with Crippen molar-refractivity contribution in [2.24, 2.45) is 0 Å². The predicted octanol–water partition coefficient (Wildman–Crippen LogP) is -3.78. The first-order valence-corrected chi connectivity index (χ1v) is 5.48. The van der Waals surface area contributed by atoms with Crippen LogP contribution in [0.3, 0.4) is 0 Å². The zero-order chi connectivity index (χ0) is 17.5. The van der Waals surface area contributed by atoms with Gasteiger partial charge in [0, 0.05) is 0 Å². The normalized spacial score (nSPS) is 25.1. The lowest BCUT2D eigenvalue weighted by Crippen LogP contribution is -2.73. The van der Waals surface area contributed by atoms with E-state index < -0.39 is 59.4 Å². The Morgan fingerprint density at radius 1 is 1.23 bits per heavy atom. The van der Waals surface area contributed by atoms with Gasteiger partial charge in [0.15, 0.2) is 23.6 Å². The van der Waals surface area contributed by atoms with Crippen molar-refractivity contribution in [3.05, 3.63) is 11.5 Å². The number of rotatable bonds is 6. The Labute approximate surface area is 120 Å². The maximum absolute atomic E-state index is 11.2. The summed E-state index contributed by atoms with van der Waals surface area (Å²) in [6, 6.07) is 0. The zero-order valence-corrected chi connectivity index (χ0v) is 10.6. The monoisotopic (exact) mass is 324 g/mol. The molecule has 0 saturated carbocycles. The second-order valence-electron chi connectivity index (χ2n) is 4.41. The number of esters is 1. The van der Waals surface area contributed by atoms with Gasteiger partial charge in [0.2, 0.25) is 11.4 Å². The maximum atomic E-state index is 11.2. The number of cyclic esters (lactones) is 1. The number of ether oxygens (including phenoxy) is 1. The van der Waals surface area contributed by atoms with E-state index in [4.69, 9.17) is 20.4 Å². The largest absolute Gasteiger partial charge is 0.505 e. The van der Waals surface area contributed by atoms with E-state index in [-0.39, 0.29) is 0 Å². The summed E-state index contributed by atoms with van der Waals surface area (Å²) < 4.78 is 4.22. The number of carboxylic acids is 2. The molecule has 4 atom stereocenters. The lowest BCUT2D eigenvalue weighted by Gasteiger charge is -2.42. The average molecular weight is 324 g/mol. The first-order chi connectivity index (χ1) is 9.95. The number of aliphatic carboxylic acids is 2. The van der Waals surface area contributed by atoms with Gasteiger partial charge in [0.25, 0.3) is 0 Å². The maximum Gasteiger partial charge on any atom is 0.378 e. The summed E-state index contributed by atoms with van der Waals surface area (Å²) in [5.41, 5.74) is -7.60. The molecule has 0 spiro atoms. The third-order valence-corrected chi connectivity index (χ3v) is 3.20. The van der Waals surface area contributed by atoms with Gasteiger partial charge in [-0.2, -0.15) is 0 Å². The minimum absolute atomic E-state index is 1.45. The number of hydrogen-bond donors (Lipinski definition) is 8. The van der Waals surface area contributed by atoms with Crippen molar-refractivity contribution < 1.29 is 60.0 Å². The van der Waals surface area contributed by atoms with E-state index >= 15 is 0 Å². The van der Waals surface area contributed by atoms with E-state index in [0.29, 0.717) is 0 Å². The van der Waals surface area contributed by atoms with Crippen LogP contribution in [0.2, 0.25) is 0 Å². The third-order valence-electron chi connectivity index (χ3n) is 3.20. The summed E-state index contributed by atoms with van der Waals surface area (Å²) in [6.45, 7) is -1.77. The van der Waals surface area contributed by atoms with Gasteiger partial charge in [-0.3, -0.25) is 0 Å². The number of aliphatic hydroxyl groups excluding tert-OH is 4. The van der Waals surface area contributed by atoms with Gasteiger partial charge in [0.1, 0.15) is 0 Å². The van der Waals surface area contributed by atoms with Gasteiger partial charge in [-0.1, -0.05) is 0 Å². The Kier molecular flexibility index (Phi) is 4.34. The van der Waals surface area contributed by atoms with Crippen molar-refractivity contribution in [1.82, 2.24) is 0 Å². The molecule has 0 saturated heterocycles. The van der Waals surface area contributed by atoms with Crippen molar-refractivity contribution in [2.75, 3.05) is 6.61 Å². The van der Waals surface area contributed by atoms with Gasteiger partial charge in [-0.05, 0) is 0 Å². The fraction of sp³-hybridized carbons (Fsp3) is 0.500. The minimum atomic E-state index is -4.00. The molecule has 2 unspecified atom stereocenters. The highest BCUT2D eigenvalue weighted by atomic mass is 16.6. The smallest absolute Gasteiger partial charge is 0.378 e. The number of aliphatic hydroxyl groups is 6. The molecule has 12 nitrogen and oxygen atoms in total. The summed E-state index contributed by atoms with van der Waals surface area (Å²) in [7, 11) is 0. The predicted molar refractivity (Wildman–Crippen MR) is 60.4 cm³/mol. The van der Waals surface area contributed by atoms with Gasteiger partial charge < -0.3 is 45.6 Å². The molecule has 0 amide bonds. The lowest BCUT2D eigenvalue weighted by molar-refractivity contribution is -0.253. The Balaban J connectivity index is 3.52. The quantitative estimate of drug-likeness (QED) is 0.220. The van der Waals surface area contributed by atoms with E-state index in [1.54, 1.807) is 0 Å². The molecule has 0 aromatic carbocycles. The molecule has 22 heavy (non-hydrogen) atoms. The fourth-order valence-electron chi connectivity index (χ4n) is 1.89. The topological polar surface area (TPSA) is 222 Å². The van der Waals surface area contributed by atoms with Gasteiger partial charge >= 0.3 is 17.9 Å². The molecule has 0 radical (unpaired) electrons. The first-order valence-electron chi connectivity index (χ1n) is 5.48. The summed E-state index contributed by atoms with van der Waals surface area (Å²) in [5.74, 6) is -9.34. The molecule has 0 aliphatic carbocycles. The second kappa shape index (κ2) is 5.42. The number of carbonyl (C=O) groups excluding carboxylic acids is 1. The van der Waals surface area contributed by atoms with Crippen molar-refractivity contribution in [3.8, 4) is 0 Å². The van der Waals surface area contributed by atoms with E-state index in [1.165, 1.54) is 0 Å². The van der Waals surface area contributed by atoms with Gasteiger partial charge in [-0.25, -0.2) is 14.4 Å². The summed E-state index contributed by atoms with van der Waals surface area (Å²) in [4.78, 5) is 33.0. The fourth-order valence-corrected chi connectivity index (χ4v) is 1.89.